The zero-order valence-corrected chi connectivity index (χ0v) is 15.3. The highest BCUT2D eigenvalue weighted by Crippen LogP contribution is 2.22. The third-order valence-corrected chi connectivity index (χ3v) is 4.21. The van der Waals surface area contributed by atoms with Crippen LogP contribution in [0.5, 0.6) is 5.75 Å². The molecule has 1 heterocycles. The first-order chi connectivity index (χ1) is 12.6. The molecular weight excluding hydrogens is 326 g/mol. The van der Waals surface area contributed by atoms with Crippen molar-refractivity contribution in [2.45, 2.75) is 0 Å². The molecule has 0 unspecified atom stereocenters. The number of fused-ring (bicyclic) bond motifs is 1. The third-order valence-electron chi connectivity index (χ3n) is 4.21. The molecule has 0 bridgehead atoms. The average molecular weight is 349 g/mol. The maximum Gasteiger partial charge on any atom is 0.277 e. The van der Waals surface area contributed by atoms with Gasteiger partial charge in [-0.2, -0.15) is 0 Å². The number of hydrogen-bond donors (Lipinski definition) is 0. The normalized spacial score (nSPS) is 10.9. The van der Waals surface area contributed by atoms with E-state index < -0.39 is 0 Å². The smallest absolute Gasteiger partial charge is 0.277 e. The van der Waals surface area contributed by atoms with E-state index in [2.05, 4.69) is 9.88 Å². The van der Waals surface area contributed by atoms with E-state index in [4.69, 9.17) is 4.74 Å². The monoisotopic (exact) mass is 349 g/mol. The highest BCUT2D eigenvalue weighted by atomic mass is 16.5. The zero-order chi connectivity index (χ0) is 18.5. The van der Waals surface area contributed by atoms with Gasteiger partial charge in [-0.05, 0) is 49.8 Å². The van der Waals surface area contributed by atoms with E-state index in [9.17, 15) is 4.79 Å². The lowest BCUT2D eigenvalue weighted by atomic mass is 10.1. The lowest BCUT2D eigenvalue weighted by molar-refractivity contribution is 0.0990. The fraction of sp³-hybridized carbons (Fsp3) is 0.238. The molecule has 0 radical (unpaired) electrons. The van der Waals surface area contributed by atoms with Crippen LogP contribution in [0, 0.1) is 0 Å². The number of carbonyl (C=O) groups excluding carboxylic acids is 1. The van der Waals surface area contributed by atoms with Crippen molar-refractivity contribution in [2.75, 3.05) is 39.2 Å². The number of rotatable bonds is 6. The van der Waals surface area contributed by atoms with Gasteiger partial charge in [0.2, 0.25) is 0 Å². The van der Waals surface area contributed by atoms with Crippen molar-refractivity contribution < 1.29 is 9.53 Å². The minimum absolute atomic E-state index is 0.136. The number of benzene rings is 2. The summed E-state index contributed by atoms with van der Waals surface area (Å²) in [4.78, 5) is 20.9. The van der Waals surface area contributed by atoms with Crippen LogP contribution in [0.4, 0.5) is 5.69 Å². The fourth-order valence-corrected chi connectivity index (χ4v) is 2.68. The summed E-state index contributed by atoms with van der Waals surface area (Å²) in [5.74, 6) is 0.655. The quantitative estimate of drug-likeness (QED) is 0.684. The van der Waals surface area contributed by atoms with Gasteiger partial charge in [0.25, 0.3) is 5.91 Å². The van der Waals surface area contributed by atoms with Gasteiger partial charge in [-0.15, -0.1) is 0 Å². The Morgan fingerprint density at radius 3 is 2.46 bits per heavy atom. The second-order valence-corrected chi connectivity index (χ2v) is 6.39. The molecule has 2 aromatic carbocycles. The SMILES string of the molecule is CN(C)CCOc1ccc(N(C)C(=O)c2nccc3ccccc23)cc1. The van der Waals surface area contributed by atoms with Gasteiger partial charge in [0.05, 0.1) is 0 Å². The molecule has 1 amide bonds. The Kier molecular flexibility index (Phi) is 5.49. The lowest BCUT2D eigenvalue weighted by Gasteiger charge is -2.18. The highest BCUT2D eigenvalue weighted by molar-refractivity contribution is 6.12. The van der Waals surface area contributed by atoms with Crippen molar-refractivity contribution in [3.63, 3.8) is 0 Å². The Bertz CT molecular complexity index is 886. The molecule has 134 valence electrons. The van der Waals surface area contributed by atoms with Crippen molar-refractivity contribution in [1.29, 1.82) is 0 Å². The predicted octanol–water partition coefficient (Wildman–Crippen LogP) is 3.45. The van der Waals surface area contributed by atoms with Crippen LogP contribution in [0.2, 0.25) is 0 Å². The Hall–Kier alpha value is -2.92. The summed E-state index contributed by atoms with van der Waals surface area (Å²) < 4.78 is 5.70. The van der Waals surface area contributed by atoms with Gasteiger partial charge in [-0.1, -0.05) is 24.3 Å². The molecule has 0 saturated carbocycles. The molecule has 0 spiro atoms. The van der Waals surface area contributed by atoms with Gasteiger partial charge >= 0.3 is 0 Å². The molecule has 5 heteroatoms. The van der Waals surface area contributed by atoms with Crippen LogP contribution in [0.3, 0.4) is 0 Å². The number of ether oxygens (including phenoxy) is 1. The number of amides is 1. The van der Waals surface area contributed by atoms with E-state index in [-0.39, 0.29) is 5.91 Å². The maximum absolute atomic E-state index is 12.9. The molecule has 0 aliphatic carbocycles. The molecule has 0 aliphatic heterocycles. The second kappa shape index (κ2) is 7.97. The largest absolute Gasteiger partial charge is 0.492 e. The molecule has 3 aromatic rings. The van der Waals surface area contributed by atoms with Gasteiger partial charge in [0.15, 0.2) is 0 Å². The molecule has 0 atom stereocenters. The summed E-state index contributed by atoms with van der Waals surface area (Å²) in [6, 6.07) is 17.2. The second-order valence-electron chi connectivity index (χ2n) is 6.39. The predicted molar refractivity (Wildman–Crippen MR) is 105 cm³/mol. The van der Waals surface area contributed by atoms with E-state index in [0.29, 0.717) is 12.3 Å². The molecule has 1 aromatic heterocycles. The molecule has 0 aliphatic rings. The van der Waals surface area contributed by atoms with E-state index >= 15 is 0 Å². The molecule has 0 saturated heterocycles. The van der Waals surface area contributed by atoms with Gasteiger partial charge in [0, 0.05) is 30.9 Å². The minimum atomic E-state index is -0.136. The molecule has 5 nitrogen and oxygen atoms in total. The van der Waals surface area contributed by atoms with Crippen molar-refractivity contribution in [2.24, 2.45) is 0 Å². The first kappa shape index (κ1) is 17.9. The molecule has 26 heavy (non-hydrogen) atoms. The van der Waals surface area contributed by atoms with Crippen LogP contribution in [0.25, 0.3) is 10.8 Å². The number of carbonyl (C=O) groups is 1. The average Bonchev–Trinajstić information content (AvgIpc) is 2.66. The van der Waals surface area contributed by atoms with Crippen molar-refractivity contribution in [1.82, 2.24) is 9.88 Å². The van der Waals surface area contributed by atoms with Crippen molar-refractivity contribution in [3.05, 3.63) is 66.5 Å². The Balaban J connectivity index is 1.76. The van der Waals surface area contributed by atoms with E-state index in [0.717, 1.165) is 28.8 Å². The number of likely N-dealkylation sites (N-methyl/N-ethyl adjacent to an activating group) is 1. The highest BCUT2D eigenvalue weighted by Gasteiger charge is 2.17. The Morgan fingerprint density at radius 1 is 1.00 bits per heavy atom. The topological polar surface area (TPSA) is 45.7 Å². The van der Waals surface area contributed by atoms with Crippen LogP contribution in [0.1, 0.15) is 10.5 Å². The van der Waals surface area contributed by atoms with Gasteiger partial charge in [0.1, 0.15) is 18.1 Å². The lowest BCUT2D eigenvalue weighted by Crippen LogP contribution is -2.27. The van der Waals surface area contributed by atoms with Crippen LogP contribution < -0.4 is 9.64 Å². The number of pyridine rings is 1. The van der Waals surface area contributed by atoms with E-state index in [1.807, 2.05) is 68.7 Å². The minimum Gasteiger partial charge on any atom is -0.492 e. The van der Waals surface area contributed by atoms with Gasteiger partial charge in [-0.25, -0.2) is 0 Å². The van der Waals surface area contributed by atoms with Crippen molar-refractivity contribution in [3.8, 4) is 5.75 Å². The fourth-order valence-electron chi connectivity index (χ4n) is 2.68. The summed E-state index contributed by atoms with van der Waals surface area (Å²) in [7, 11) is 5.77. The molecular formula is C21H23N3O2. The summed E-state index contributed by atoms with van der Waals surface area (Å²) in [5, 5.41) is 1.86. The molecule has 0 fully saturated rings. The number of hydrogen-bond acceptors (Lipinski definition) is 4. The van der Waals surface area contributed by atoms with Crippen LogP contribution >= 0.6 is 0 Å². The Labute approximate surface area is 153 Å². The number of aromatic nitrogens is 1. The van der Waals surface area contributed by atoms with E-state index in [1.54, 1.807) is 18.1 Å². The maximum atomic E-state index is 12.9. The van der Waals surface area contributed by atoms with Gasteiger partial charge < -0.3 is 14.5 Å². The summed E-state index contributed by atoms with van der Waals surface area (Å²) in [6.07, 6.45) is 1.67. The first-order valence-corrected chi connectivity index (χ1v) is 8.55. The zero-order valence-electron chi connectivity index (χ0n) is 15.3. The van der Waals surface area contributed by atoms with Gasteiger partial charge in [-0.3, -0.25) is 9.78 Å². The third kappa shape index (κ3) is 4.00. The summed E-state index contributed by atoms with van der Waals surface area (Å²) in [5.41, 5.74) is 1.25. The summed E-state index contributed by atoms with van der Waals surface area (Å²) in [6.45, 7) is 1.48. The molecule has 0 N–H and O–H groups in total. The van der Waals surface area contributed by atoms with Crippen LogP contribution in [-0.2, 0) is 0 Å². The standard InChI is InChI=1S/C21H23N3O2/c1-23(2)14-15-26-18-10-8-17(9-11-18)24(3)21(25)20-19-7-5-4-6-16(19)12-13-22-20/h4-13H,14-15H2,1-3H3. The summed E-state index contributed by atoms with van der Waals surface area (Å²) >= 11 is 0. The van der Waals surface area contributed by atoms with Crippen LogP contribution in [-0.4, -0.2) is 50.1 Å². The number of nitrogens with zero attached hydrogens (tertiary/aromatic N) is 3. The molecule has 3 rings (SSSR count). The van der Waals surface area contributed by atoms with E-state index in [1.165, 1.54) is 0 Å². The number of anilines is 1. The van der Waals surface area contributed by atoms with Crippen molar-refractivity contribution >= 4 is 22.4 Å². The Morgan fingerprint density at radius 2 is 1.73 bits per heavy atom. The van der Waals surface area contributed by atoms with Crippen LogP contribution in [0.15, 0.2) is 60.8 Å². The first-order valence-electron chi connectivity index (χ1n) is 8.55.